The monoisotopic (exact) mass is 256 g/mol. The number of nitrogens with zero attached hydrogens (tertiary/aromatic N) is 2. The minimum atomic E-state index is -1.83. The minimum absolute atomic E-state index is 1.03. The summed E-state index contributed by atoms with van der Waals surface area (Å²) in [6.07, 6.45) is 0.0278. The van der Waals surface area contributed by atoms with Gasteiger partial charge in [0, 0.05) is 5.69 Å². The second-order valence-electron chi connectivity index (χ2n) is 3.72. The van der Waals surface area contributed by atoms with E-state index in [4.69, 9.17) is 15.0 Å². The van der Waals surface area contributed by atoms with Crippen LogP contribution >= 0.6 is 0 Å². The lowest BCUT2D eigenvalue weighted by Crippen LogP contribution is -1.90. The first-order chi connectivity index (χ1) is 9.18. The lowest BCUT2D eigenvalue weighted by molar-refractivity contribution is 0.137. The van der Waals surface area contributed by atoms with Crippen LogP contribution in [0.1, 0.15) is 0 Å². The Morgan fingerprint density at radius 1 is 0.947 bits per heavy atom. The van der Waals surface area contributed by atoms with Crippen LogP contribution in [0.3, 0.4) is 0 Å². The van der Waals surface area contributed by atoms with Crippen molar-refractivity contribution in [3.63, 3.8) is 0 Å². The number of rotatable bonds is 1. The average molecular weight is 256 g/mol. The largest absolute Gasteiger partial charge is 0.503 e. The summed E-state index contributed by atoms with van der Waals surface area (Å²) in [6.45, 7) is 0. The van der Waals surface area contributed by atoms with Crippen molar-refractivity contribution < 1.29 is 15.0 Å². The first-order valence-electron chi connectivity index (χ1n) is 5.58. The number of hydrogen-bond acceptors (Lipinski definition) is 2. The molecular weight excluding hydrogens is 244 g/mol. The molecule has 0 aliphatic carbocycles. The van der Waals surface area contributed by atoms with E-state index in [-0.39, 0.29) is 0 Å². The van der Waals surface area contributed by atoms with E-state index in [9.17, 15) is 0 Å². The first kappa shape index (κ1) is 12.6. The second-order valence-corrected chi connectivity index (χ2v) is 3.72. The van der Waals surface area contributed by atoms with Crippen LogP contribution in [-0.4, -0.2) is 25.9 Å². The van der Waals surface area contributed by atoms with Crippen molar-refractivity contribution in [1.82, 2.24) is 9.55 Å². The molecule has 0 radical (unpaired) electrons. The van der Waals surface area contributed by atoms with Gasteiger partial charge in [-0.15, -0.1) is 0 Å². The molecule has 0 atom stereocenters. The van der Waals surface area contributed by atoms with Crippen LogP contribution < -0.4 is 0 Å². The summed E-state index contributed by atoms with van der Waals surface area (Å²) in [4.78, 5) is 12.9. The zero-order valence-corrected chi connectivity index (χ0v) is 9.97. The van der Waals surface area contributed by atoms with Gasteiger partial charge in [0.05, 0.1) is 11.0 Å². The molecule has 1 aromatic heterocycles. The van der Waals surface area contributed by atoms with Crippen molar-refractivity contribution in [2.45, 2.75) is 0 Å². The number of para-hydroxylation sites is 3. The lowest BCUT2D eigenvalue weighted by atomic mass is 10.3. The van der Waals surface area contributed by atoms with Crippen LogP contribution in [0.25, 0.3) is 16.7 Å². The fourth-order valence-corrected chi connectivity index (χ4v) is 1.75. The van der Waals surface area contributed by atoms with E-state index >= 15 is 0 Å². The number of aromatic nitrogens is 2. The Kier molecular flexibility index (Phi) is 3.78. The lowest BCUT2D eigenvalue weighted by Gasteiger charge is -2.02. The Morgan fingerprint density at radius 3 is 2.21 bits per heavy atom. The van der Waals surface area contributed by atoms with Gasteiger partial charge in [-0.2, -0.15) is 0 Å². The van der Waals surface area contributed by atoms with Gasteiger partial charge in [-0.05, 0) is 24.3 Å². The van der Waals surface area contributed by atoms with E-state index in [1.165, 1.54) is 0 Å². The van der Waals surface area contributed by atoms with Crippen LogP contribution in [0, 0.1) is 0 Å². The number of carboxylic acid groups (broad SMARTS) is 2. The predicted octanol–water partition coefficient (Wildman–Crippen LogP) is 3.25. The molecule has 3 aromatic rings. The highest BCUT2D eigenvalue weighted by Gasteiger charge is 2.01. The van der Waals surface area contributed by atoms with Gasteiger partial charge in [-0.1, -0.05) is 30.3 Å². The molecule has 5 nitrogen and oxygen atoms in total. The fourth-order valence-electron chi connectivity index (χ4n) is 1.75. The van der Waals surface area contributed by atoms with E-state index in [2.05, 4.69) is 27.8 Å². The molecule has 0 fully saturated rings. The van der Waals surface area contributed by atoms with Crippen LogP contribution in [-0.2, 0) is 0 Å². The molecule has 0 saturated carbocycles. The molecule has 1 heterocycles. The van der Waals surface area contributed by atoms with Gasteiger partial charge in [0.25, 0.3) is 0 Å². The van der Waals surface area contributed by atoms with Crippen LogP contribution in [0.2, 0.25) is 0 Å². The van der Waals surface area contributed by atoms with E-state index in [0.29, 0.717) is 0 Å². The molecule has 0 amide bonds. The predicted molar refractivity (Wildman–Crippen MR) is 71.7 cm³/mol. The van der Waals surface area contributed by atoms with E-state index in [0.717, 1.165) is 16.7 Å². The van der Waals surface area contributed by atoms with Crippen LogP contribution in [0.15, 0.2) is 60.9 Å². The van der Waals surface area contributed by atoms with E-state index < -0.39 is 6.16 Å². The molecule has 0 unspecified atom stereocenters. The molecule has 19 heavy (non-hydrogen) atoms. The highest BCUT2D eigenvalue weighted by atomic mass is 16.6. The number of fused-ring (bicyclic) bond motifs is 1. The van der Waals surface area contributed by atoms with Gasteiger partial charge in [-0.25, -0.2) is 9.78 Å². The van der Waals surface area contributed by atoms with Gasteiger partial charge < -0.3 is 10.2 Å². The number of benzene rings is 2. The van der Waals surface area contributed by atoms with Gasteiger partial charge in [0.2, 0.25) is 0 Å². The van der Waals surface area contributed by atoms with E-state index in [1.807, 2.05) is 42.7 Å². The van der Waals surface area contributed by atoms with Crippen molar-refractivity contribution in [2.75, 3.05) is 0 Å². The Labute approximate surface area is 109 Å². The molecule has 0 saturated heterocycles. The molecule has 2 N–H and O–H groups in total. The third kappa shape index (κ3) is 3.10. The zero-order chi connectivity index (χ0) is 13.7. The average Bonchev–Trinajstić information content (AvgIpc) is 2.83. The maximum atomic E-state index is 8.56. The summed E-state index contributed by atoms with van der Waals surface area (Å²) in [7, 11) is 0. The molecule has 2 aromatic carbocycles. The molecule has 0 spiro atoms. The maximum Gasteiger partial charge on any atom is 0.503 e. The Morgan fingerprint density at radius 2 is 1.53 bits per heavy atom. The Balaban J connectivity index is 0.000000297. The summed E-state index contributed by atoms with van der Waals surface area (Å²) in [6, 6.07) is 18.4. The SMILES string of the molecule is O=C(O)O.c1ccc(-n2cnc3ccccc32)cc1. The van der Waals surface area contributed by atoms with Crippen molar-refractivity contribution >= 4 is 17.2 Å². The maximum absolute atomic E-state index is 8.56. The Hall–Kier alpha value is -2.82. The fraction of sp³-hybridized carbons (Fsp3) is 0. The van der Waals surface area contributed by atoms with Crippen molar-refractivity contribution in [3.8, 4) is 5.69 Å². The first-order valence-corrected chi connectivity index (χ1v) is 5.58. The molecule has 5 heteroatoms. The molecular formula is C14H12N2O3. The third-order valence-corrected chi connectivity index (χ3v) is 2.49. The normalized spacial score (nSPS) is 9.68. The minimum Gasteiger partial charge on any atom is -0.450 e. The van der Waals surface area contributed by atoms with Gasteiger partial charge in [0.1, 0.15) is 6.33 Å². The summed E-state index contributed by atoms with van der Waals surface area (Å²) < 4.78 is 2.09. The quantitative estimate of drug-likeness (QED) is 0.700. The van der Waals surface area contributed by atoms with Crippen molar-refractivity contribution in [2.24, 2.45) is 0 Å². The summed E-state index contributed by atoms with van der Waals surface area (Å²) in [5.41, 5.74) is 3.32. The number of imidazole rings is 1. The van der Waals surface area contributed by atoms with Gasteiger partial charge in [-0.3, -0.25) is 4.57 Å². The summed E-state index contributed by atoms with van der Waals surface area (Å²) >= 11 is 0. The summed E-state index contributed by atoms with van der Waals surface area (Å²) in [5, 5.41) is 13.9. The molecule has 3 rings (SSSR count). The Bertz CT molecular complexity index is 673. The molecule has 0 bridgehead atoms. The molecule has 0 aliphatic rings. The second kappa shape index (κ2) is 5.68. The van der Waals surface area contributed by atoms with Gasteiger partial charge in [0.15, 0.2) is 0 Å². The number of hydrogen-bond donors (Lipinski definition) is 2. The third-order valence-electron chi connectivity index (χ3n) is 2.49. The van der Waals surface area contributed by atoms with Crippen LogP contribution in [0.5, 0.6) is 0 Å². The van der Waals surface area contributed by atoms with Gasteiger partial charge >= 0.3 is 6.16 Å². The highest BCUT2D eigenvalue weighted by molar-refractivity contribution is 5.77. The van der Waals surface area contributed by atoms with E-state index in [1.54, 1.807) is 0 Å². The highest BCUT2D eigenvalue weighted by Crippen LogP contribution is 2.16. The smallest absolute Gasteiger partial charge is 0.450 e. The van der Waals surface area contributed by atoms with Crippen molar-refractivity contribution in [3.05, 3.63) is 60.9 Å². The standard InChI is InChI=1S/C13H10N2.CH2O3/c1-2-6-11(7-3-1)15-10-14-12-8-4-5-9-13(12)15;2-1(3)4/h1-10H;(H2,2,3,4). The zero-order valence-electron chi connectivity index (χ0n) is 9.97. The van der Waals surface area contributed by atoms with Crippen LogP contribution in [0.4, 0.5) is 4.79 Å². The molecule has 96 valence electrons. The summed E-state index contributed by atoms with van der Waals surface area (Å²) in [5.74, 6) is 0. The topological polar surface area (TPSA) is 75.3 Å². The van der Waals surface area contributed by atoms with Crippen molar-refractivity contribution in [1.29, 1.82) is 0 Å². The number of carbonyl (C=O) groups is 1. The molecule has 0 aliphatic heterocycles.